The zero-order valence-corrected chi connectivity index (χ0v) is 11.0. The van der Waals surface area contributed by atoms with Gasteiger partial charge in [0.25, 0.3) is 0 Å². The van der Waals surface area contributed by atoms with Crippen LogP contribution in [0.1, 0.15) is 17.0 Å². The van der Waals surface area contributed by atoms with Crippen LogP contribution >= 0.6 is 0 Å². The highest BCUT2D eigenvalue weighted by Gasteiger charge is 2.03. The van der Waals surface area contributed by atoms with E-state index in [0.29, 0.717) is 0 Å². The van der Waals surface area contributed by atoms with Crippen molar-refractivity contribution in [3.63, 3.8) is 0 Å². The fraction of sp³-hybridized carbons (Fsp3) is 0.267. The summed E-state index contributed by atoms with van der Waals surface area (Å²) in [6.07, 6.45) is 6.75. The summed E-state index contributed by atoms with van der Waals surface area (Å²) in [5.74, 6) is 0.981. The number of fused-ring (bicyclic) bond motifs is 1. The van der Waals surface area contributed by atoms with Crippen molar-refractivity contribution in [2.24, 2.45) is 0 Å². The van der Waals surface area contributed by atoms with E-state index in [2.05, 4.69) is 51.6 Å². The van der Waals surface area contributed by atoms with Crippen molar-refractivity contribution < 1.29 is 0 Å². The third kappa shape index (κ3) is 2.69. The lowest BCUT2D eigenvalue weighted by atomic mass is 10.1. The monoisotopic (exact) mass is 254 g/mol. The van der Waals surface area contributed by atoms with Crippen LogP contribution in [0.5, 0.6) is 0 Å². The smallest absolute Gasteiger partial charge is 0.120 e. The number of aryl methyl sites for hydroxylation is 1. The van der Waals surface area contributed by atoms with Crippen LogP contribution in [0.15, 0.2) is 36.8 Å². The van der Waals surface area contributed by atoms with E-state index in [9.17, 15) is 0 Å². The van der Waals surface area contributed by atoms with Crippen LogP contribution in [0.2, 0.25) is 0 Å². The van der Waals surface area contributed by atoms with Gasteiger partial charge in [-0.3, -0.25) is 0 Å². The Bertz CT molecular complexity index is 652. The molecule has 0 fully saturated rings. The Kier molecular flexibility index (Phi) is 3.33. The van der Waals surface area contributed by atoms with Crippen LogP contribution in [-0.2, 0) is 13.0 Å². The number of rotatable bonds is 5. The number of aromatic nitrogens is 3. The minimum Gasteiger partial charge on any atom is -0.361 e. The van der Waals surface area contributed by atoms with Gasteiger partial charge in [0.05, 0.1) is 6.54 Å². The summed E-state index contributed by atoms with van der Waals surface area (Å²) < 4.78 is 0. The predicted octanol–water partition coefficient (Wildman–Crippen LogP) is 2.53. The lowest BCUT2D eigenvalue weighted by Crippen LogP contribution is -2.17. The Balaban J connectivity index is 1.59. The molecule has 98 valence electrons. The van der Waals surface area contributed by atoms with E-state index >= 15 is 0 Å². The maximum absolute atomic E-state index is 4.19. The third-order valence-corrected chi connectivity index (χ3v) is 3.34. The summed E-state index contributed by atoms with van der Waals surface area (Å²) in [6, 6.07) is 6.55. The van der Waals surface area contributed by atoms with Crippen molar-refractivity contribution in [2.75, 3.05) is 6.54 Å². The average Bonchev–Trinajstić information content (AvgIpc) is 3.03. The number of nitrogens with zero attached hydrogens (tertiary/aromatic N) is 1. The lowest BCUT2D eigenvalue weighted by Gasteiger charge is -2.02. The van der Waals surface area contributed by atoms with E-state index in [4.69, 9.17) is 0 Å². The molecule has 2 aromatic heterocycles. The Morgan fingerprint density at radius 3 is 3.05 bits per heavy atom. The van der Waals surface area contributed by atoms with Crippen molar-refractivity contribution in [1.82, 2.24) is 20.3 Å². The topological polar surface area (TPSA) is 56.5 Å². The van der Waals surface area contributed by atoms with Gasteiger partial charge in [-0.25, -0.2) is 4.98 Å². The van der Waals surface area contributed by atoms with Crippen LogP contribution in [0.4, 0.5) is 0 Å². The van der Waals surface area contributed by atoms with Crippen LogP contribution in [0.25, 0.3) is 10.9 Å². The molecule has 2 heterocycles. The maximum atomic E-state index is 4.19. The van der Waals surface area contributed by atoms with E-state index in [1.807, 2.05) is 6.20 Å². The van der Waals surface area contributed by atoms with E-state index in [0.717, 1.165) is 25.3 Å². The highest BCUT2D eigenvalue weighted by molar-refractivity contribution is 5.83. The minimum absolute atomic E-state index is 0.786. The molecule has 4 nitrogen and oxygen atoms in total. The standard InChI is InChI=1S/C15H18N4/c1-11-2-3-13-12(9-19-14(13)8-11)4-5-16-10-15-17-6-7-18-15/h2-3,6-9,16,19H,4-5,10H2,1H3,(H,17,18). The molecule has 0 bridgehead atoms. The number of aromatic amines is 2. The van der Waals surface area contributed by atoms with E-state index in [-0.39, 0.29) is 0 Å². The summed E-state index contributed by atoms with van der Waals surface area (Å²) in [4.78, 5) is 10.6. The first kappa shape index (κ1) is 12.0. The van der Waals surface area contributed by atoms with Crippen LogP contribution in [0.3, 0.4) is 0 Å². The van der Waals surface area contributed by atoms with E-state index in [1.54, 1.807) is 6.20 Å². The highest BCUT2D eigenvalue weighted by Crippen LogP contribution is 2.19. The summed E-state index contributed by atoms with van der Waals surface area (Å²) in [5.41, 5.74) is 3.87. The van der Waals surface area contributed by atoms with E-state index < -0.39 is 0 Å². The molecule has 1 aromatic carbocycles. The predicted molar refractivity (Wildman–Crippen MR) is 77.0 cm³/mol. The Hall–Kier alpha value is -2.07. The van der Waals surface area contributed by atoms with Gasteiger partial charge < -0.3 is 15.3 Å². The van der Waals surface area contributed by atoms with Crippen LogP contribution < -0.4 is 5.32 Å². The van der Waals surface area contributed by atoms with Gasteiger partial charge in [-0.05, 0) is 37.1 Å². The third-order valence-electron chi connectivity index (χ3n) is 3.34. The zero-order valence-electron chi connectivity index (χ0n) is 11.0. The molecule has 4 heteroatoms. The largest absolute Gasteiger partial charge is 0.361 e. The number of nitrogens with one attached hydrogen (secondary N) is 3. The fourth-order valence-electron chi connectivity index (χ4n) is 2.33. The number of benzene rings is 1. The fourth-order valence-corrected chi connectivity index (χ4v) is 2.33. The zero-order chi connectivity index (χ0) is 13.1. The number of H-pyrrole nitrogens is 2. The second-order valence-electron chi connectivity index (χ2n) is 4.83. The first-order valence-corrected chi connectivity index (χ1v) is 6.58. The molecule has 0 saturated carbocycles. The molecule has 0 aliphatic carbocycles. The molecule has 3 rings (SSSR count). The molecule has 0 amide bonds. The highest BCUT2D eigenvalue weighted by atomic mass is 15.0. The second kappa shape index (κ2) is 5.28. The molecule has 0 aliphatic heterocycles. The molecule has 0 aliphatic rings. The van der Waals surface area contributed by atoms with E-state index in [1.165, 1.54) is 22.0 Å². The summed E-state index contributed by atoms with van der Waals surface area (Å²) in [7, 11) is 0. The molecule has 0 saturated heterocycles. The minimum atomic E-state index is 0.786. The lowest BCUT2D eigenvalue weighted by molar-refractivity contribution is 0.666. The molecular weight excluding hydrogens is 236 g/mol. The van der Waals surface area contributed by atoms with Gasteiger partial charge in [0.1, 0.15) is 5.82 Å². The van der Waals surface area contributed by atoms with Crippen LogP contribution in [0, 0.1) is 6.92 Å². The molecule has 0 unspecified atom stereocenters. The molecule has 0 spiro atoms. The van der Waals surface area contributed by atoms with Gasteiger partial charge in [0.2, 0.25) is 0 Å². The van der Waals surface area contributed by atoms with Gasteiger partial charge in [0, 0.05) is 29.5 Å². The SMILES string of the molecule is Cc1ccc2c(CCNCc3ncc[nH]3)c[nH]c2c1. The summed E-state index contributed by atoms with van der Waals surface area (Å²) >= 11 is 0. The van der Waals surface area contributed by atoms with Crippen molar-refractivity contribution in [1.29, 1.82) is 0 Å². The average molecular weight is 254 g/mol. The van der Waals surface area contributed by atoms with Gasteiger partial charge >= 0.3 is 0 Å². The molecule has 3 N–H and O–H groups in total. The molecular formula is C15H18N4. The van der Waals surface area contributed by atoms with Crippen molar-refractivity contribution in [3.8, 4) is 0 Å². The normalized spacial score (nSPS) is 11.2. The Morgan fingerprint density at radius 1 is 1.26 bits per heavy atom. The Morgan fingerprint density at radius 2 is 2.21 bits per heavy atom. The molecule has 3 aromatic rings. The second-order valence-corrected chi connectivity index (χ2v) is 4.83. The Labute approximate surface area is 112 Å². The van der Waals surface area contributed by atoms with Gasteiger partial charge in [-0.2, -0.15) is 0 Å². The van der Waals surface area contributed by atoms with Crippen molar-refractivity contribution in [2.45, 2.75) is 19.9 Å². The quantitative estimate of drug-likeness (QED) is 0.613. The summed E-state index contributed by atoms with van der Waals surface area (Å²) in [5, 5.41) is 4.72. The number of hydrogen-bond donors (Lipinski definition) is 3. The van der Waals surface area contributed by atoms with Gasteiger partial charge in [0.15, 0.2) is 0 Å². The van der Waals surface area contributed by atoms with Crippen LogP contribution in [-0.4, -0.2) is 21.5 Å². The summed E-state index contributed by atoms with van der Waals surface area (Å²) in [6.45, 7) is 3.85. The molecule has 0 atom stereocenters. The van der Waals surface area contributed by atoms with Gasteiger partial charge in [-0.15, -0.1) is 0 Å². The maximum Gasteiger partial charge on any atom is 0.120 e. The number of hydrogen-bond acceptors (Lipinski definition) is 2. The first-order valence-electron chi connectivity index (χ1n) is 6.58. The first-order chi connectivity index (χ1) is 9.33. The van der Waals surface area contributed by atoms with Gasteiger partial charge in [-0.1, -0.05) is 12.1 Å². The number of imidazole rings is 1. The van der Waals surface area contributed by atoms with Crippen molar-refractivity contribution in [3.05, 3.63) is 53.7 Å². The molecule has 0 radical (unpaired) electrons. The van der Waals surface area contributed by atoms with Crippen molar-refractivity contribution >= 4 is 10.9 Å². The molecule has 19 heavy (non-hydrogen) atoms.